The molecular formula is C8H3ClF8. The summed E-state index contributed by atoms with van der Waals surface area (Å²) < 4.78 is 97.3. The topological polar surface area (TPSA) is 0 Å². The van der Waals surface area contributed by atoms with E-state index in [4.69, 9.17) is 11.6 Å². The van der Waals surface area contributed by atoms with Crippen molar-refractivity contribution in [1.82, 2.24) is 0 Å². The van der Waals surface area contributed by atoms with Crippen LogP contribution in [0.15, 0.2) is 22.8 Å². The maximum absolute atomic E-state index is 12.6. The second kappa shape index (κ2) is 5.58. The van der Waals surface area contributed by atoms with E-state index in [1.54, 1.807) is 0 Å². The molecule has 0 aromatic carbocycles. The Balaban J connectivity index is 5.28. The van der Waals surface area contributed by atoms with Gasteiger partial charge in [0.25, 0.3) is 6.17 Å². The molecule has 2 unspecified atom stereocenters. The molecule has 0 rings (SSSR count). The second-order valence-electron chi connectivity index (χ2n) is 2.67. The molecule has 0 radical (unpaired) electrons. The number of allylic oxidation sites excluding steroid dienone is 1. The first-order valence-electron chi connectivity index (χ1n) is 3.73. The molecule has 0 nitrogen and oxygen atoms in total. The third kappa shape index (κ3) is 4.07. The fourth-order valence-corrected chi connectivity index (χ4v) is 0.730. The molecule has 0 saturated heterocycles. The van der Waals surface area contributed by atoms with Crippen molar-refractivity contribution in [2.75, 3.05) is 0 Å². The second-order valence-corrected chi connectivity index (χ2v) is 2.89. The summed E-state index contributed by atoms with van der Waals surface area (Å²) in [6.45, 7) is 0. The summed E-state index contributed by atoms with van der Waals surface area (Å²) in [4.78, 5) is 0. The molecule has 0 saturated carbocycles. The molecule has 0 aromatic heterocycles. The number of hydrogen-bond donors (Lipinski definition) is 0. The number of hydrogen-bond acceptors (Lipinski definition) is 0. The molecule has 0 N–H and O–H groups in total. The lowest BCUT2D eigenvalue weighted by Crippen LogP contribution is -2.48. The van der Waals surface area contributed by atoms with Crippen LogP contribution in [0.25, 0.3) is 0 Å². The van der Waals surface area contributed by atoms with Gasteiger partial charge in [-0.25, -0.2) is 8.78 Å². The quantitative estimate of drug-likeness (QED) is 0.538. The summed E-state index contributed by atoms with van der Waals surface area (Å²) in [5, 5.41) is 0. The van der Waals surface area contributed by atoms with Crippen LogP contribution >= 0.6 is 11.6 Å². The molecule has 0 aliphatic rings. The van der Waals surface area contributed by atoms with Crippen molar-refractivity contribution in [1.29, 1.82) is 0 Å². The molecule has 98 valence electrons. The Morgan fingerprint density at radius 1 is 1.12 bits per heavy atom. The third-order valence-corrected chi connectivity index (χ3v) is 1.54. The van der Waals surface area contributed by atoms with Gasteiger partial charge < -0.3 is 0 Å². The molecule has 0 aromatic rings. The fraction of sp³-hybridized carbons (Fsp3) is 0.500. The minimum atomic E-state index is -6.01. The maximum Gasteiger partial charge on any atom is 0.425 e. The normalized spacial score (nSPS) is 15.6. The van der Waals surface area contributed by atoms with E-state index in [-0.39, 0.29) is 0 Å². The van der Waals surface area contributed by atoms with Gasteiger partial charge in [0.1, 0.15) is 0 Å². The highest BCUT2D eigenvalue weighted by Gasteiger charge is 2.62. The van der Waals surface area contributed by atoms with E-state index >= 15 is 0 Å². The van der Waals surface area contributed by atoms with Gasteiger partial charge in [0.05, 0.1) is 5.54 Å². The zero-order valence-corrected chi connectivity index (χ0v) is 8.39. The van der Waals surface area contributed by atoms with E-state index in [2.05, 4.69) is 0 Å². The molecule has 0 heterocycles. The maximum atomic E-state index is 12.6. The number of rotatable bonds is 3. The largest absolute Gasteiger partial charge is 0.425 e. The first kappa shape index (κ1) is 16.0. The Labute approximate surface area is 94.9 Å². The number of halogens is 9. The predicted octanol–water partition coefficient (Wildman–Crippen LogP) is 4.22. The standard InChI is InChI=1S/C8H3ClF8/c9-3-1-2-4(10)5(11)7(13,14)6(12)8(15,16)17/h3,5-6H. The Morgan fingerprint density at radius 3 is 1.94 bits per heavy atom. The molecule has 0 spiro atoms. The van der Waals surface area contributed by atoms with Crippen molar-refractivity contribution in [2.45, 2.75) is 24.4 Å². The smallest absolute Gasteiger partial charge is 0.232 e. The summed E-state index contributed by atoms with van der Waals surface area (Å²) in [5.74, 6) is -8.05. The molecular weight excluding hydrogens is 284 g/mol. The van der Waals surface area contributed by atoms with Gasteiger partial charge in [-0.1, -0.05) is 17.3 Å². The van der Waals surface area contributed by atoms with Gasteiger partial charge in [0.15, 0.2) is 5.83 Å². The Morgan fingerprint density at radius 2 is 1.59 bits per heavy atom. The lowest BCUT2D eigenvalue weighted by atomic mass is 10.1. The van der Waals surface area contributed by atoms with E-state index in [0.717, 1.165) is 5.73 Å². The monoisotopic (exact) mass is 286 g/mol. The van der Waals surface area contributed by atoms with Gasteiger partial charge in [0.2, 0.25) is 6.17 Å². The van der Waals surface area contributed by atoms with Gasteiger partial charge in [-0.3, -0.25) is 0 Å². The third-order valence-electron chi connectivity index (χ3n) is 1.43. The van der Waals surface area contributed by atoms with Crippen molar-refractivity contribution >= 4 is 11.6 Å². The van der Waals surface area contributed by atoms with Crippen molar-refractivity contribution in [3.63, 3.8) is 0 Å². The lowest BCUT2D eigenvalue weighted by molar-refractivity contribution is -0.256. The zero-order valence-electron chi connectivity index (χ0n) is 7.63. The average Bonchev–Trinajstić information content (AvgIpc) is 2.22. The SMILES string of the molecule is FC(=C=C=CCl)C(F)C(F)(F)C(F)C(F)(F)F. The molecule has 9 heteroatoms. The van der Waals surface area contributed by atoms with Gasteiger partial charge in [-0.15, -0.1) is 0 Å². The van der Waals surface area contributed by atoms with Crippen molar-refractivity contribution < 1.29 is 35.1 Å². The van der Waals surface area contributed by atoms with Crippen molar-refractivity contribution in [2.24, 2.45) is 0 Å². The molecule has 0 amide bonds. The van der Waals surface area contributed by atoms with E-state index in [0.29, 0.717) is 5.54 Å². The summed E-state index contributed by atoms with van der Waals surface area (Å²) >= 11 is 4.76. The molecule has 2 atom stereocenters. The van der Waals surface area contributed by atoms with Gasteiger partial charge >= 0.3 is 12.1 Å². The molecule has 0 aliphatic carbocycles. The molecule has 17 heavy (non-hydrogen) atoms. The Bertz CT molecular complexity index is 358. The molecule has 0 bridgehead atoms. The predicted molar refractivity (Wildman–Crippen MR) is 42.9 cm³/mol. The zero-order chi connectivity index (χ0) is 13.9. The Kier molecular flexibility index (Phi) is 5.26. The van der Waals surface area contributed by atoms with Crippen LogP contribution in [-0.2, 0) is 0 Å². The van der Waals surface area contributed by atoms with Crippen LogP contribution in [0.3, 0.4) is 0 Å². The van der Waals surface area contributed by atoms with E-state index in [1.807, 2.05) is 0 Å². The minimum absolute atomic E-state index is 0.418. The molecule has 0 aliphatic heterocycles. The van der Waals surface area contributed by atoms with E-state index in [9.17, 15) is 35.1 Å². The van der Waals surface area contributed by atoms with E-state index in [1.165, 1.54) is 5.73 Å². The summed E-state index contributed by atoms with van der Waals surface area (Å²) in [6, 6.07) is 0. The highest BCUT2D eigenvalue weighted by Crippen LogP contribution is 2.40. The summed E-state index contributed by atoms with van der Waals surface area (Å²) in [5.41, 5.74) is 2.97. The van der Waals surface area contributed by atoms with Crippen LogP contribution < -0.4 is 0 Å². The van der Waals surface area contributed by atoms with Crippen molar-refractivity contribution in [3.05, 3.63) is 22.8 Å². The highest BCUT2D eigenvalue weighted by atomic mass is 35.5. The van der Waals surface area contributed by atoms with E-state index < -0.39 is 30.3 Å². The summed E-state index contributed by atoms with van der Waals surface area (Å²) in [6.07, 6.45) is -15.0. The van der Waals surface area contributed by atoms with Crippen LogP contribution in [0.2, 0.25) is 0 Å². The van der Waals surface area contributed by atoms with Crippen molar-refractivity contribution in [3.8, 4) is 0 Å². The molecule has 0 fully saturated rings. The van der Waals surface area contributed by atoms with Crippen LogP contribution in [0.4, 0.5) is 35.1 Å². The van der Waals surface area contributed by atoms with Crippen LogP contribution in [0, 0.1) is 0 Å². The van der Waals surface area contributed by atoms with Crippen LogP contribution in [0.1, 0.15) is 0 Å². The first-order chi connectivity index (χ1) is 7.55. The number of alkyl halides is 7. The summed E-state index contributed by atoms with van der Waals surface area (Å²) in [7, 11) is 0. The first-order valence-corrected chi connectivity index (χ1v) is 4.17. The lowest BCUT2D eigenvalue weighted by Gasteiger charge is -2.24. The highest BCUT2D eigenvalue weighted by molar-refractivity contribution is 6.25. The fourth-order valence-electron chi connectivity index (χ4n) is 0.675. The van der Waals surface area contributed by atoms with Gasteiger partial charge in [0, 0.05) is 0 Å². The van der Waals surface area contributed by atoms with Crippen LogP contribution in [0.5, 0.6) is 0 Å². The van der Waals surface area contributed by atoms with Gasteiger partial charge in [-0.05, 0) is 5.73 Å². The average molecular weight is 287 g/mol. The Hall–Kier alpha value is -0.970. The van der Waals surface area contributed by atoms with Gasteiger partial charge in [-0.2, -0.15) is 26.3 Å². The minimum Gasteiger partial charge on any atom is -0.232 e. The van der Waals surface area contributed by atoms with Crippen LogP contribution in [-0.4, -0.2) is 24.4 Å².